The van der Waals surface area contributed by atoms with E-state index in [-0.39, 0.29) is 0 Å². The molecule has 1 rings (SSSR count). The monoisotopic (exact) mass is 261 g/mol. The van der Waals surface area contributed by atoms with Gasteiger partial charge >= 0.3 is 0 Å². The zero-order valence-electron chi connectivity index (χ0n) is 6.80. The van der Waals surface area contributed by atoms with E-state index in [1.54, 1.807) is 4.98 Å². The highest BCUT2D eigenvalue weighted by Crippen LogP contribution is 2.19. The van der Waals surface area contributed by atoms with Crippen LogP contribution in [0.3, 0.4) is 0 Å². The van der Waals surface area contributed by atoms with Crippen molar-refractivity contribution in [3.05, 3.63) is 27.9 Å². The average molecular weight is 262 g/mol. The smallest absolute Gasteiger partial charge is 0.281 e. The van der Waals surface area contributed by atoms with Crippen LogP contribution in [0.5, 0.6) is 0 Å². The second kappa shape index (κ2) is 3.86. The van der Waals surface area contributed by atoms with Crippen LogP contribution in [-0.4, -0.2) is 13.4 Å². The molecule has 0 aromatic carbocycles. The third-order valence-electron chi connectivity index (χ3n) is 1.50. The van der Waals surface area contributed by atoms with E-state index in [0.29, 0.717) is 6.20 Å². The third kappa shape index (κ3) is 2.32. The highest BCUT2D eigenvalue weighted by molar-refractivity contribution is 8.13. The maximum absolute atomic E-state index is 12.9. The topological polar surface area (TPSA) is 67.0 Å². The van der Waals surface area contributed by atoms with E-state index in [1.165, 1.54) is 0 Å². The van der Waals surface area contributed by atoms with Gasteiger partial charge in [0, 0.05) is 16.9 Å². The number of aromatic nitrogens is 1. The Kier molecular flexibility index (Phi) is 3.10. The molecule has 1 aromatic rings. The highest BCUT2D eigenvalue weighted by atomic mass is 35.7. The van der Waals surface area contributed by atoms with Gasteiger partial charge in [0.15, 0.2) is 5.82 Å². The lowest BCUT2D eigenvalue weighted by molar-refractivity contribution is 0.140. The summed E-state index contributed by atoms with van der Waals surface area (Å²) < 4.78 is 58.3. The average Bonchev–Trinajstić information content (AvgIpc) is 2.06. The lowest BCUT2D eigenvalue weighted by Crippen LogP contribution is -2.18. The number of alkyl halides is 2. The molecule has 0 fully saturated rings. The molecular formula is C6H3ClF3NO3S. The van der Waals surface area contributed by atoms with Gasteiger partial charge in [-0.05, 0) is 0 Å². The molecule has 0 saturated heterocycles. The number of H-pyrrole nitrogens is 1. The van der Waals surface area contributed by atoms with Crippen LogP contribution in [0.25, 0.3) is 0 Å². The van der Waals surface area contributed by atoms with Crippen LogP contribution in [0.2, 0.25) is 0 Å². The molecule has 9 heteroatoms. The molecule has 0 radical (unpaired) electrons. The summed E-state index contributed by atoms with van der Waals surface area (Å²) in [5.41, 5.74) is -2.96. The van der Waals surface area contributed by atoms with Crippen LogP contribution < -0.4 is 5.43 Å². The van der Waals surface area contributed by atoms with Crippen LogP contribution in [0, 0.1) is 5.82 Å². The number of rotatable bonds is 2. The summed E-state index contributed by atoms with van der Waals surface area (Å²) in [4.78, 5) is 11.5. The van der Waals surface area contributed by atoms with Crippen molar-refractivity contribution in [1.29, 1.82) is 0 Å². The first-order valence-electron chi connectivity index (χ1n) is 3.39. The largest absolute Gasteiger partial charge is 0.356 e. The standard InChI is InChI=1S/C6H3ClF3NO3S/c7-15(13,14)2-1-11-4(6(9)10)3(8)5(2)12/h1,6H,(H,11,12). The predicted molar refractivity (Wildman–Crippen MR) is 45.0 cm³/mol. The number of aromatic amines is 1. The summed E-state index contributed by atoms with van der Waals surface area (Å²) in [6.45, 7) is 0. The molecule has 0 bridgehead atoms. The summed E-state index contributed by atoms with van der Waals surface area (Å²) in [5, 5.41) is 0. The summed E-state index contributed by atoms with van der Waals surface area (Å²) in [7, 11) is 0.311. The minimum Gasteiger partial charge on any atom is -0.356 e. The quantitative estimate of drug-likeness (QED) is 0.818. The van der Waals surface area contributed by atoms with Crippen LogP contribution in [0.15, 0.2) is 15.9 Å². The maximum atomic E-state index is 12.9. The normalized spacial score (nSPS) is 12.1. The fourth-order valence-electron chi connectivity index (χ4n) is 0.843. The number of halogens is 4. The van der Waals surface area contributed by atoms with E-state index in [2.05, 4.69) is 0 Å². The SMILES string of the molecule is O=c1c(S(=O)(=O)Cl)c[nH]c(C(F)F)c1F. The molecule has 1 heterocycles. The van der Waals surface area contributed by atoms with Crippen molar-refractivity contribution in [3.63, 3.8) is 0 Å². The molecule has 15 heavy (non-hydrogen) atoms. The molecule has 0 aliphatic carbocycles. The van der Waals surface area contributed by atoms with E-state index < -0.39 is 37.3 Å². The minimum absolute atomic E-state index is 0.426. The molecule has 1 N–H and O–H groups in total. The van der Waals surface area contributed by atoms with Gasteiger partial charge in [-0.15, -0.1) is 0 Å². The zero-order chi connectivity index (χ0) is 11.8. The first kappa shape index (κ1) is 12.1. The third-order valence-corrected chi connectivity index (χ3v) is 2.83. The molecule has 0 spiro atoms. The van der Waals surface area contributed by atoms with Crippen LogP contribution in [0.4, 0.5) is 13.2 Å². The second-order valence-electron chi connectivity index (χ2n) is 2.45. The molecule has 0 unspecified atom stereocenters. The number of nitrogens with one attached hydrogen (secondary N) is 1. The van der Waals surface area contributed by atoms with Crippen LogP contribution in [-0.2, 0) is 9.05 Å². The molecule has 84 valence electrons. The van der Waals surface area contributed by atoms with Gasteiger partial charge in [-0.1, -0.05) is 0 Å². The van der Waals surface area contributed by atoms with Gasteiger partial charge in [-0.2, -0.15) is 0 Å². The molecular weight excluding hydrogens is 259 g/mol. The maximum Gasteiger partial charge on any atom is 0.281 e. The fourth-order valence-corrected chi connectivity index (χ4v) is 1.70. The van der Waals surface area contributed by atoms with E-state index >= 15 is 0 Å². The summed E-state index contributed by atoms with van der Waals surface area (Å²) in [6, 6.07) is 0. The second-order valence-corrected chi connectivity index (χ2v) is 4.98. The number of pyridine rings is 1. The summed E-state index contributed by atoms with van der Waals surface area (Å²) in [5.74, 6) is -1.85. The van der Waals surface area contributed by atoms with Crippen molar-refractivity contribution in [2.45, 2.75) is 11.3 Å². The van der Waals surface area contributed by atoms with Gasteiger partial charge in [-0.3, -0.25) is 4.79 Å². The van der Waals surface area contributed by atoms with E-state index in [9.17, 15) is 26.4 Å². The predicted octanol–water partition coefficient (Wildman–Crippen LogP) is 1.38. The van der Waals surface area contributed by atoms with Gasteiger partial charge in [-0.25, -0.2) is 21.6 Å². The Labute approximate surface area is 86.1 Å². The molecule has 0 aliphatic rings. The van der Waals surface area contributed by atoms with Gasteiger partial charge in [0.25, 0.3) is 15.5 Å². The summed E-state index contributed by atoms with van der Waals surface area (Å²) in [6.07, 6.45) is -2.82. The summed E-state index contributed by atoms with van der Waals surface area (Å²) >= 11 is 0. The van der Waals surface area contributed by atoms with Crippen LogP contribution >= 0.6 is 10.7 Å². The minimum atomic E-state index is -4.45. The number of hydrogen-bond donors (Lipinski definition) is 1. The zero-order valence-corrected chi connectivity index (χ0v) is 8.37. The van der Waals surface area contributed by atoms with Gasteiger partial charge < -0.3 is 4.98 Å². The van der Waals surface area contributed by atoms with Crippen molar-refractivity contribution >= 4 is 19.7 Å². The molecule has 0 amide bonds. The van der Waals surface area contributed by atoms with E-state index in [4.69, 9.17) is 10.7 Å². The van der Waals surface area contributed by atoms with E-state index in [1.807, 2.05) is 0 Å². The lowest BCUT2D eigenvalue weighted by atomic mass is 10.3. The van der Waals surface area contributed by atoms with Crippen molar-refractivity contribution < 1.29 is 21.6 Å². The Bertz CT molecular complexity index is 539. The van der Waals surface area contributed by atoms with Gasteiger partial charge in [0.05, 0.1) is 0 Å². The van der Waals surface area contributed by atoms with E-state index in [0.717, 1.165) is 0 Å². The van der Waals surface area contributed by atoms with Crippen molar-refractivity contribution in [3.8, 4) is 0 Å². The van der Waals surface area contributed by atoms with Crippen molar-refractivity contribution in [2.24, 2.45) is 0 Å². The molecule has 1 aromatic heterocycles. The van der Waals surface area contributed by atoms with Crippen LogP contribution in [0.1, 0.15) is 12.1 Å². The van der Waals surface area contributed by atoms with Gasteiger partial charge in [0.1, 0.15) is 10.6 Å². The lowest BCUT2D eigenvalue weighted by Gasteiger charge is -2.02. The Morgan fingerprint density at radius 2 is 1.93 bits per heavy atom. The first-order valence-corrected chi connectivity index (χ1v) is 5.70. The van der Waals surface area contributed by atoms with Crippen molar-refractivity contribution in [1.82, 2.24) is 4.98 Å². The Balaban J connectivity index is 3.56. The molecule has 0 saturated carbocycles. The Morgan fingerprint density at radius 1 is 1.40 bits per heavy atom. The van der Waals surface area contributed by atoms with Crippen molar-refractivity contribution in [2.75, 3.05) is 0 Å². The molecule has 0 atom stereocenters. The Hall–Kier alpha value is -1.02. The number of hydrogen-bond acceptors (Lipinski definition) is 3. The first-order chi connectivity index (χ1) is 6.75. The highest BCUT2D eigenvalue weighted by Gasteiger charge is 2.23. The molecule has 4 nitrogen and oxygen atoms in total. The fraction of sp³-hybridized carbons (Fsp3) is 0.167. The molecule has 0 aliphatic heterocycles. The Morgan fingerprint density at radius 3 is 2.33 bits per heavy atom. The van der Waals surface area contributed by atoms with Gasteiger partial charge in [0.2, 0.25) is 5.43 Å².